The summed E-state index contributed by atoms with van der Waals surface area (Å²) in [6.07, 6.45) is 1.13. The average Bonchev–Trinajstić information content (AvgIpc) is 2.85. The van der Waals surface area contributed by atoms with E-state index in [0.29, 0.717) is 31.1 Å². The van der Waals surface area contributed by atoms with Gasteiger partial charge in [0.15, 0.2) is 6.23 Å². The molecule has 5 rings (SSSR count). The van der Waals surface area contributed by atoms with Crippen molar-refractivity contribution in [1.29, 1.82) is 0 Å². The molecule has 0 saturated carbocycles. The Bertz CT molecular complexity index is 1330. The van der Waals surface area contributed by atoms with Crippen LogP contribution in [0, 0.1) is 0 Å². The van der Waals surface area contributed by atoms with Crippen molar-refractivity contribution >= 4 is 50.5 Å². The fraction of sp³-hybridized carbons (Fsp3) is 0.192. The lowest BCUT2D eigenvalue weighted by Gasteiger charge is -2.43. The van der Waals surface area contributed by atoms with Crippen molar-refractivity contribution in [3.05, 3.63) is 83.1 Å². The lowest BCUT2D eigenvalue weighted by molar-refractivity contribution is -0.149. The maximum atomic E-state index is 11.1. The molecule has 3 aromatic carbocycles. The number of aromatic nitrogens is 2. The number of methoxy groups -OCH3 is 1. The van der Waals surface area contributed by atoms with Crippen LogP contribution in [0.4, 0.5) is 17.2 Å². The molecule has 1 aliphatic heterocycles. The van der Waals surface area contributed by atoms with Crippen molar-refractivity contribution in [2.24, 2.45) is 0 Å². The van der Waals surface area contributed by atoms with Crippen LogP contribution in [0.3, 0.4) is 0 Å². The Labute approximate surface area is 211 Å². The number of hydrogen-bond acceptors (Lipinski definition) is 8. The average molecular weight is 534 g/mol. The normalized spacial score (nSPS) is 14.7. The van der Waals surface area contributed by atoms with E-state index >= 15 is 0 Å². The molecule has 1 atom stereocenters. The molecular weight excluding hydrogens is 510 g/mol. The van der Waals surface area contributed by atoms with Gasteiger partial charge in [-0.1, -0.05) is 52.3 Å². The highest BCUT2D eigenvalue weighted by Crippen LogP contribution is 2.35. The number of benzene rings is 3. The van der Waals surface area contributed by atoms with Gasteiger partial charge in [-0.25, -0.2) is 9.97 Å². The second-order valence-corrected chi connectivity index (χ2v) is 9.13. The van der Waals surface area contributed by atoms with Gasteiger partial charge in [0.1, 0.15) is 17.9 Å². The fourth-order valence-electron chi connectivity index (χ4n) is 4.23. The molecule has 0 bridgehead atoms. The maximum absolute atomic E-state index is 11.1. The quantitative estimate of drug-likeness (QED) is 0.287. The van der Waals surface area contributed by atoms with Crippen LogP contribution in [0.25, 0.3) is 10.9 Å². The van der Waals surface area contributed by atoms with E-state index < -0.39 is 6.23 Å². The van der Waals surface area contributed by atoms with Gasteiger partial charge in [0.2, 0.25) is 0 Å². The summed E-state index contributed by atoms with van der Waals surface area (Å²) in [6.45, 7) is 1.93. The summed E-state index contributed by atoms with van der Waals surface area (Å²) in [5, 5.41) is 7.82. The Kier molecular flexibility index (Phi) is 6.78. The Balaban J connectivity index is 1.36. The van der Waals surface area contributed by atoms with Gasteiger partial charge in [0.25, 0.3) is 6.47 Å². The van der Waals surface area contributed by atoms with Crippen LogP contribution in [0.2, 0.25) is 0 Å². The number of nitrogens with zero attached hydrogens (tertiary/aromatic N) is 3. The fourth-order valence-corrected chi connectivity index (χ4v) is 4.63. The molecule has 0 aliphatic carbocycles. The van der Waals surface area contributed by atoms with Crippen molar-refractivity contribution in [2.45, 2.75) is 12.3 Å². The first-order chi connectivity index (χ1) is 17.1. The Hall–Kier alpha value is -3.69. The third-order valence-corrected chi connectivity index (χ3v) is 6.41. The minimum absolute atomic E-state index is 0.161. The van der Waals surface area contributed by atoms with Crippen LogP contribution in [0.5, 0.6) is 5.75 Å². The molecule has 0 radical (unpaired) electrons. The molecule has 2 heterocycles. The first-order valence-corrected chi connectivity index (χ1v) is 11.9. The molecule has 178 valence electrons. The van der Waals surface area contributed by atoms with E-state index in [1.807, 2.05) is 66.7 Å². The van der Waals surface area contributed by atoms with Crippen LogP contribution in [0.1, 0.15) is 11.8 Å². The molecule has 8 nitrogen and oxygen atoms in total. The zero-order valence-corrected chi connectivity index (χ0v) is 20.6. The SMILES string of the molecule is COc1cc2ncnc(Nc3cccc(Br)c3)c2cc1NC1CN(C(OC=O)c2ccccc2)C1. The maximum Gasteiger partial charge on any atom is 0.294 e. The number of likely N-dealkylation sites (tertiary alicyclic amines) is 1. The van der Waals surface area contributed by atoms with Crippen molar-refractivity contribution < 1.29 is 14.3 Å². The molecule has 1 aromatic heterocycles. The van der Waals surface area contributed by atoms with Crippen LogP contribution >= 0.6 is 15.9 Å². The van der Waals surface area contributed by atoms with E-state index in [1.54, 1.807) is 7.11 Å². The summed E-state index contributed by atoms with van der Waals surface area (Å²) in [5.74, 6) is 1.41. The van der Waals surface area contributed by atoms with Gasteiger partial charge in [0, 0.05) is 40.3 Å². The van der Waals surface area contributed by atoms with Gasteiger partial charge in [-0.2, -0.15) is 0 Å². The standard InChI is InChI=1S/C26H24BrN5O3/c1-34-24-12-22-21(25(29-15-28-22)31-19-9-5-8-18(27)10-19)11-23(24)30-20-13-32(14-20)26(35-16-33)17-6-3-2-4-7-17/h2-12,15-16,20,26,30H,13-14H2,1H3,(H,28,29,31). The van der Waals surface area contributed by atoms with E-state index in [4.69, 9.17) is 9.47 Å². The monoisotopic (exact) mass is 533 g/mol. The topological polar surface area (TPSA) is 88.6 Å². The van der Waals surface area contributed by atoms with Crippen LogP contribution in [-0.2, 0) is 9.53 Å². The molecule has 9 heteroatoms. The predicted octanol–water partition coefficient (Wildman–Crippen LogP) is 5.11. The Morgan fingerprint density at radius 3 is 2.66 bits per heavy atom. The van der Waals surface area contributed by atoms with Crippen molar-refractivity contribution in [3.8, 4) is 5.75 Å². The highest BCUT2D eigenvalue weighted by atomic mass is 79.9. The lowest BCUT2D eigenvalue weighted by Crippen LogP contribution is -2.56. The van der Waals surface area contributed by atoms with Gasteiger partial charge in [-0.05, 0) is 24.3 Å². The molecule has 1 saturated heterocycles. The van der Waals surface area contributed by atoms with E-state index in [2.05, 4.69) is 41.4 Å². The van der Waals surface area contributed by atoms with Gasteiger partial charge < -0.3 is 20.1 Å². The smallest absolute Gasteiger partial charge is 0.294 e. The molecule has 2 N–H and O–H groups in total. The molecule has 1 fully saturated rings. The van der Waals surface area contributed by atoms with Crippen LogP contribution < -0.4 is 15.4 Å². The number of ether oxygens (including phenoxy) is 2. The summed E-state index contributed by atoms with van der Waals surface area (Å²) >= 11 is 3.51. The number of rotatable bonds is 9. The van der Waals surface area contributed by atoms with Gasteiger partial charge in [-0.3, -0.25) is 9.69 Å². The molecule has 1 unspecified atom stereocenters. The third-order valence-electron chi connectivity index (χ3n) is 5.91. The number of carbonyl (C=O) groups is 1. The van der Waals surface area contributed by atoms with E-state index in [9.17, 15) is 4.79 Å². The number of carbonyl (C=O) groups excluding carboxylic acids is 1. The lowest BCUT2D eigenvalue weighted by atomic mass is 10.0. The van der Waals surface area contributed by atoms with Crippen molar-refractivity contribution in [2.75, 3.05) is 30.8 Å². The van der Waals surface area contributed by atoms with Gasteiger partial charge >= 0.3 is 0 Å². The van der Waals surface area contributed by atoms with E-state index in [-0.39, 0.29) is 6.04 Å². The molecule has 1 aliphatic rings. The Morgan fingerprint density at radius 2 is 1.91 bits per heavy atom. The largest absolute Gasteiger partial charge is 0.495 e. The summed E-state index contributed by atoms with van der Waals surface area (Å²) in [6, 6.07) is 21.7. The van der Waals surface area contributed by atoms with Crippen LogP contribution in [0.15, 0.2) is 77.5 Å². The van der Waals surface area contributed by atoms with Crippen molar-refractivity contribution in [1.82, 2.24) is 14.9 Å². The second-order valence-electron chi connectivity index (χ2n) is 8.22. The molecular formula is C26H24BrN5O3. The third kappa shape index (κ3) is 5.06. The first-order valence-electron chi connectivity index (χ1n) is 11.1. The first kappa shape index (κ1) is 23.1. The minimum Gasteiger partial charge on any atom is -0.495 e. The number of nitrogens with one attached hydrogen (secondary N) is 2. The molecule has 0 amide bonds. The van der Waals surface area contributed by atoms with Crippen LogP contribution in [-0.4, -0.2) is 47.6 Å². The summed E-state index contributed by atoms with van der Waals surface area (Å²) < 4.78 is 12.0. The summed E-state index contributed by atoms with van der Waals surface area (Å²) in [7, 11) is 1.64. The number of halogens is 1. The number of hydrogen-bond donors (Lipinski definition) is 2. The molecule has 35 heavy (non-hydrogen) atoms. The minimum atomic E-state index is -0.403. The van der Waals surface area contributed by atoms with Gasteiger partial charge in [-0.15, -0.1) is 0 Å². The highest BCUT2D eigenvalue weighted by Gasteiger charge is 2.34. The predicted molar refractivity (Wildman–Crippen MR) is 139 cm³/mol. The Morgan fingerprint density at radius 1 is 1.09 bits per heavy atom. The molecule has 4 aromatic rings. The highest BCUT2D eigenvalue weighted by molar-refractivity contribution is 9.10. The van der Waals surface area contributed by atoms with Crippen molar-refractivity contribution in [3.63, 3.8) is 0 Å². The summed E-state index contributed by atoms with van der Waals surface area (Å²) in [5.41, 5.74) is 3.49. The number of anilines is 3. The second kappa shape index (κ2) is 10.3. The van der Waals surface area contributed by atoms with E-state index in [0.717, 1.165) is 32.3 Å². The molecule has 0 spiro atoms. The van der Waals surface area contributed by atoms with Gasteiger partial charge in [0.05, 0.1) is 24.4 Å². The summed E-state index contributed by atoms with van der Waals surface area (Å²) in [4.78, 5) is 22.1. The zero-order valence-electron chi connectivity index (χ0n) is 19.0. The van der Waals surface area contributed by atoms with E-state index in [1.165, 1.54) is 6.33 Å². The zero-order chi connectivity index (χ0) is 24.2. The number of fused-ring (bicyclic) bond motifs is 1.